The Morgan fingerprint density at radius 1 is 1.10 bits per heavy atom. The molecule has 0 rings (SSSR count). The number of nitrogens with two attached hydrogens (primary N) is 3. The molecule has 0 amide bonds. The SMILES string of the molecule is CSCC[C@H](N)C(=O)O.C[C@H](N)C(=O)O.NCC(=O)O. The van der Waals surface area contributed by atoms with Gasteiger partial charge in [-0.15, -0.1) is 0 Å². The molecule has 0 aliphatic rings. The van der Waals surface area contributed by atoms with Crippen LogP contribution in [0.4, 0.5) is 0 Å². The van der Waals surface area contributed by atoms with Crippen LogP contribution in [0.15, 0.2) is 0 Å². The summed E-state index contributed by atoms with van der Waals surface area (Å²) in [5.41, 5.74) is 14.6. The van der Waals surface area contributed by atoms with Gasteiger partial charge in [0, 0.05) is 0 Å². The highest BCUT2D eigenvalue weighted by atomic mass is 32.2. The maximum Gasteiger partial charge on any atom is 0.320 e. The zero-order valence-electron chi connectivity index (χ0n) is 11.5. The van der Waals surface area contributed by atoms with Crippen molar-refractivity contribution < 1.29 is 29.7 Å². The summed E-state index contributed by atoms with van der Waals surface area (Å²) in [5.74, 6) is -2.03. The average molecular weight is 313 g/mol. The number of hydrogen-bond donors (Lipinski definition) is 6. The van der Waals surface area contributed by atoms with Gasteiger partial charge in [-0.2, -0.15) is 11.8 Å². The van der Waals surface area contributed by atoms with Crippen LogP contribution in [0.3, 0.4) is 0 Å². The van der Waals surface area contributed by atoms with Crippen molar-refractivity contribution in [1.82, 2.24) is 0 Å². The van der Waals surface area contributed by atoms with Crippen LogP contribution in [0.25, 0.3) is 0 Å². The molecule has 0 fully saturated rings. The second-order valence-corrected chi connectivity index (χ2v) is 4.44. The van der Waals surface area contributed by atoms with Crippen molar-refractivity contribution in [1.29, 1.82) is 0 Å². The molecule has 9 N–H and O–H groups in total. The van der Waals surface area contributed by atoms with Crippen molar-refractivity contribution >= 4 is 29.7 Å². The van der Waals surface area contributed by atoms with Gasteiger partial charge in [0.15, 0.2) is 0 Å². The first kappa shape index (κ1) is 23.7. The summed E-state index contributed by atoms with van der Waals surface area (Å²) in [6, 6.07) is -1.41. The molecule has 0 aromatic carbocycles. The van der Waals surface area contributed by atoms with Gasteiger partial charge in [0.1, 0.15) is 12.1 Å². The molecule has 2 atom stereocenters. The molecule has 0 aliphatic heterocycles. The number of thioether (sulfide) groups is 1. The molecule has 0 saturated carbocycles. The van der Waals surface area contributed by atoms with Crippen molar-refractivity contribution in [3.63, 3.8) is 0 Å². The van der Waals surface area contributed by atoms with Crippen molar-refractivity contribution in [3.8, 4) is 0 Å². The van der Waals surface area contributed by atoms with E-state index in [2.05, 4.69) is 5.73 Å². The summed E-state index contributed by atoms with van der Waals surface area (Å²) >= 11 is 1.60. The van der Waals surface area contributed by atoms with Gasteiger partial charge in [-0.05, 0) is 25.4 Å². The summed E-state index contributed by atoms with van der Waals surface area (Å²) in [4.78, 5) is 28.9. The first-order valence-electron chi connectivity index (χ1n) is 5.47. The fourth-order valence-corrected chi connectivity index (χ4v) is 0.858. The van der Waals surface area contributed by atoms with E-state index in [1.54, 1.807) is 11.8 Å². The highest BCUT2D eigenvalue weighted by molar-refractivity contribution is 7.98. The first-order chi connectivity index (χ1) is 9.09. The average Bonchev–Trinajstić information content (AvgIpc) is 2.36. The van der Waals surface area contributed by atoms with Crippen molar-refractivity contribution in [2.75, 3.05) is 18.6 Å². The molecule has 0 saturated heterocycles. The molecule has 10 heteroatoms. The molecular formula is C10H23N3O6S. The van der Waals surface area contributed by atoms with E-state index in [-0.39, 0.29) is 6.54 Å². The van der Waals surface area contributed by atoms with Crippen LogP contribution >= 0.6 is 11.8 Å². The van der Waals surface area contributed by atoms with Crippen LogP contribution in [-0.2, 0) is 14.4 Å². The molecule has 20 heavy (non-hydrogen) atoms. The molecule has 9 nitrogen and oxygen atoms in total. The lowest BCUT2D eigenvalue weighted by atomic mass is 10.2. The van der Waals surface area contributed by atoms with E-state index in [0.717, 1.165) is 5.75 Å². The van der Waals surface area contributed by atoms with E-state index in [9.17, 15) is 14.4 Å². The summed E-state index contributed by atoms with van der Waals surface area (Å²) in [5, 5.41) is 23.7. The normalized spacial score (nSPS) is 11.8. The van der Waals surface area contributed by atoms with E-state index < -0.39 is 30.0 Å². The van der Waals surface area contributed by atoms with Crippen molar-refractivity contribution in [3.05, 3.63) is 0 Å². The van der Waals surface area contributed by atoms with E-state index in [1.165, 1.54) is 6.92 Å². The van der Waals surface area contributed by atoms with Gasteiger partial charge in [0.05, 0.1) is 6.54 Å². The summed E-state index contributed by atoms with van der Waals surface area (Å²) in [7, 11) is 0. The number of carboxylic acids is 3. The molecule has 0 aromatic heterocycles. The molecule has 0 spiro atoms. The van der Waals surface area contributed by atoms with Gasteiger partial charge in [-0.3, -0.25) is 14.4 Å². The lowest BCUT2D eigenvalue weighted by molar-refractivity contribution is -0.139. The largest absolute Gasteiger partial charge is 0.480 e. The molecule has 0 bridgehead atoms. The van der Waals surface area contributed by atoms with E-state index >= 15 is 0 Å². The third-order valence-corrected chi connectivity index (χ3v) is 2.16. The Morgan fingerprint density at radius 3 is 1.60 bits per heavy atom. The Kier molecular flexibility index (Phi) is 18.6. The van der Waals surface area contributed by atoms with E-state index in [0.29, 0.717) is 6.42 Å². The summed E-state index contributed by atoms with van der Waals surface area (Å²) < 4.78 is 0. The van der Waals surface area contributed by atoms with Crippen LogP contribution in [0.2, 0.25) is 0 Å². The fraction of sp³-hybridized carbons (Fsp3) is 0.700. The Labute approximate surface area is 121 Å². The second-order valence-electron chi connectivity index (χ2n) is 3.45. The molecule has 0 aliphatic carbocycles. The van der Waals surface area contributed by atoms with Crippen LogP contribution in [0, 0.1) is 0 Å². The predicted octanol–water partition coefficient (Wildman–Crippen LogP) is -1.40. The van der Waals surface area contributed by atoms with Crippen LogP contribution in [0.5, 0.6) is 0 Å². The fourth-order valence-electron chi connectivity index (χ4n) is 0.368. The minimum Gasteiger partial charge on any atom is -0.480 e. The van der Waals surface area contributed by atoms with Gasteiger partial charge in [0.2, 0.25) is 0 Å². The Hall–Kier alpha value is -1.36. The van der Waals surface area contributed by atoms with Crippen LogP contribution in [0.1, 0.15) is 13.3 Å². The maximum atomic E-state index is 10.1. The monoisotopic (exact) mass is 313 g/mol. The minimum absolute atomic E-state index is 0.278. The van der Waals surface area contributed by atoms with E-state index in [1.807, 2.05) is 6.26 Å². The van der Waals surface area contributed by atoms with Crippen LogP contribution < -0.4 is 17.2 Å². The van der Waals surface area contributed by atoms with Gasteiger partial charge in [0.25, 0.3) is 0 Å². The number of carboxylic acid groups (broad SMARTS) is 3. The Morgan fingerprint density at radius 2 is 1.45 bits per heavy atom. The molecular weight excluding hydrogens is 290 g/mol. The van der Waals surface area contributed by atoms with Crippen molar-refractivity contribution in [2.45, 2.75) is 25.4 Å². The first-order valence-corrected chi connectivity index (χ1v) is 6.87. The number of carbonyl (C=O) groups is 3. The van der Waals surface area contributed by atoms with Gasteiger partial charge >= 0.3 is 17.9 Å². The number of aliphatic carboxylic acids is 3. The number of rotatable bonds is 6. The molecule has 0 heterocycles. The van der Waals surface area contributed by atoms with Crippen molar-refractivity contribution in [2.24, 2.45) is 17.2 Å². The highest BCUT2D eigenvalue weighted by Gasteiger charge is 2.08. The summed E-state index contributed by atoms with van der Waals surface area (Å²) in [6.45, 7) is 1.14. The maximum absolute atomic E-state index is 10.1. The quantitative estimate of drug-likeness (QED) is 0.340. The second kappa shape index (κ2) is 15.7. The van der Waals surface area contributed by atoms with Gasteiger partial charge < -0.3 is 32.5 Å². The lowest BCUT2D eigenvalue weighted by Crippen LogP contribution is -2.30. The topological polar surface area (TPSA) is 190 Å². The van der Waals surface area contributed by atoms with Gasteiger partial charge in [-0.25, -0.2) is 0 Å². The highest BCUT2D eigenvalue weighted by Crippen LogP contribution is 1.97. The minimum atomic E-state index is -0.968. The molecule has 120 valence electrons. The van der Waals surface area contributed by atoms with Crippen LogP contribution in [-0.4, -0.2) is 63.9 Å². The number of hydrogen-bond acceptors (Lipinski definition) is 7. The molecule has 0 aromatic rings. The lowest BCUT2D eigenvalue weighted by Gasteiger charge is -2.02. The van der Waals surface area contributed by atoms with Gasteiger partial charge in [-0.1, -0.05) is 0 Å². The smallest absolute Gasteiger partial charge is 0.320 e. The Balaban J connectivity index is -0.000000230. The standard InChI is InChI=1S/C5H11NO2S.C3H7NO2.C2H5NO2/c1-9-3-2-4(6)5(7)8;1-2(4)3(5)6;3-1-2(4)5/h4H,2-3,6H2,1H3,(H,7,8);2H,4H2,1H3,(H,5,6);1,3H2,(H,4,5)/t4-;2-;/m00./s1. The van der Waals surface area contributed by atoms with E-state index in [4.69, 9.17) is 26.8 Å². The summed E-state index contributed by atoms with van der Waals surface area (Å²) in [6.07, 6.45) is 2.48. The molecule has 0 radical (unpaired) electrons. The third-order valence-electron chi connectivity index (χ3n) is 1.51. The molecule has 0 unspecified atom stereocenters. The zero-order valence-corrected chi connectivity index (χ0v) is 12.3. The Bertz CT molecular complexity index is 288. The zero-order chi connectivity index (χ0) is 16.7. The predicted molar refractivity (Wildman–Crippen MR) is 76.6 cm³/mol. The third kappa shape index (κ3) is 25.5.